The number of halogens is 2. The van der Waals surface area contributed by atoms with Gasteiger partial charge in [-0.1, -0.05) is 22.7 Å². The van der Waals surface area contributed by atoms with Crippen LogP contribution in [0.2, 0.25) is 0 Å². The van der Waals surface area contributed by atoms with Gasteiger partial charge in [0.15, 0.2) is 16.1 Å². The molecule has 3 aromatic heterocycles. The number of hydrogen-bond donors (Lipinski definition) is 1. The fraction of sp³-hybridized carbons (Fsp3) is 0.0625. The lowest BCUT2D eigenvalue weighted by Crippen LogP contribution is -1.87. The van der Waals surface area contributed by atoms with E-state index in [4.69, 9.17) is 0 Å². The maximum atomic E-state index is 13.8. The van der Waals surface area contributed by atoms with Crippen molar-refractivity contribution in [2.45, 2.75) is 6.92 Å². The summed E-state index contributed by atoms with van der Waals surface area (Å²) in [6, 6.07) is 6.10. The molecule has 0 fully saturated rings. The molecule has 1 N–H and O–H groups in total. The van der Waals surface area contributed by atoms with Crippen molar-refractivity contribution in [3.63, 3.8) is 0 Å². The topological polar surface area (TPSA) is 50.7 Å². The lowest BCUT2D eigenvalue weighted by atomic mass is 10.3. The fourth-order valence-corrected chi connectivity index (χ4v) is 5.47. The maximum Gasteiger partial charge on any atom is 0.190 e. The Kier molecular flexibility index (Phi) is 3.24. The number of rotatable bonds is 2. The van der Waals surface area contributed by atoms with Crippen molar-refractivity contribution in [2.75, 3.05) is 5.32 Å². The molecule has 4 nitrogen and oxygen atoms in total. The number of hydrogen-bond acceptors (Lipinski definition) is 7. The Labute approximate surface area is 151 Å². The summed E-state index contributed by atoms with van der Waals surface area (Å²) in [6.07, 6.45) is 0. The Hall–Kier alpha value is -2.23. The van der Waals surface area contributed by atoms with Crippen LogP contribution in [0.1, 0.15) is 5.01 Å². The van der Waals surface area contributed by atoms with E-state index in [0.29, 0.717) is 15.0 Å². The second-order valence-electron chi connectivity index (χ2n) is 5.39. The van der Waals surface area contributed by atoms with E-state index in [0.717, 1.165) is 31.5 Å². The highest BCUT2D eigenvalue weighted by Crippen LogP contribution is 2.37. The molecule has 0 atom stereocenters. The minimum Gasteiger partial charge on any atom is -0.307 e. The van der Waals surface area contributed by atoms with Crippen LogP contribution in [0.4, 0.5) is 19.0 Å². The third-order valence-corrected chi connectivity index (χ3v) is 6.50. The zero-order valence-corrected chi connectivity index (χ0v) is 15.1. The highest BCUT2D eigenvalue weighted by atomic mass is 32.1. The molecule has 9 heteroatoms. The molecule has 0 spiro atoms. The molecule has 2 aromatic carbocycles. The van der Waals surface area contributed by atoms with Gasteiger partial charge in [-0.2, -0.15) is 0 Å². The molecule has 5 rings (SSSR count). The predicted molar refractivity (Wildman–Crippen MR) is 100 cm³/mol. The molecule has 0 aliphatic carbocycles. The molecular formula is C16H8F2N4S3. The van der Waals surface area contributed by atoms with Gasteiger partial charge in [-0.3, -0.25) is 0 Å². The first-order valence-corrected chi connectivity index (χ1v) is 9.71. The summed E-state index contributed by atoms with van der Waals surface area (Å²) >= 11 is 4.31. The molecule has 25 heavy (non-hydrogen) atoms. The van der Waals surface area contributed by atoms with Crippen LogP contribution in [0.3, 0.4) is 0 Å². The summed E-state index contributed by atoms with van der Waals surface area (Å²) in [5.41, 5.74) is 1.96. The van der Waals surface area contributed by atoms with Gasteiger partial charge in [0.1, 0.15) is 16.9 Å². The molecule has 5 aromatic rings. The molecule has 124 valence electrons. The van der Waals surface area contributed by atoms with E-state index in [-0.39, 0.29) is 5.52 Å². The molecule has 0 saturated carbocycles. The van der Waals surface area contributed by atoms with Crippen molar-refractivity contribution in [1.82, 2.24) is 15.0 Å². The van der Waals surface area contributed by atoms with E-state index in [2.05, 4.69) is 20.3 Å². The molecule has 0 bridgehead atoms. The van der Waals surface area contributed by atoms with Crippen LogP contribution in [0.5, 0.6) is 0 Å². The number of thiazole rings is 3. The van der Waals surface area contributed by atoms with Gasteiger partial charge in [0.25, 0.3) is 0 Å². The van der Waals surface area contributed by atoms with Crippen LogP contribution in [0, 0.1) is 18.6 Å². The zero-order valence-electron chi connectivity index (χ0n) is 12.6. The highest BCUT2D eigenvalue weighted by molar-refractivity contribution is 7.25. The normalized spacial score (nSPS) is 11.8. The number of nitrogens with one attached hydrogen (secondary N) is 1. The molecule has 0 aliphatic rings. The molecule has 0 unspecified atom stereocenters. The zero-order chi connectivity index (χ0) is 17.1. The van der Waals surface area contributed by atoms with Gasteiger partial charge < -0.3 is 5.32 Å². The minimum atomic E-state index is -0.664. The van der Waals surface area contributed by atoms with Gasteiger partial charge in [0, 0.05) is 6.07 Å². The molecule has 0 aliphatic heterocycles. The largest absolute Gasteiger partial charge is 0.307 e. The van der Waals surface area contributed by atoms with E-state index in [9.17, 15) is 8.78 Å². The number of nitrogens with zero attached hydrogens (tertiary/aromatic N) is 3. The van der Waals surface area contributed by atoms with Crippen LogP contribution < -0.4 is 5.32 Å². The first-order valence-electron chi connectivity index (χ1n) is 7.26. The van der Waals surface area contributed by atoms with E-state index >= 15 is 0 Å². The lowest BCUT2D eigenvalue weighted by molar-refractivity contribution is 0.591. The lowest BCUT2D eigenvalue weighted by Gasteiger charge is -1.93. The van der Waals surface area contributed by atoms with Crippen molar-refractivity contribution in [1.29, 1.82) is 0 Å². The van der Waals surface area contributed by atoms with Gasteiger partial charge in [-0.05, 0) is 25.1 Å². The Morgan fingerprint density at radius 1 is 0.880 bits per heavy atom. The smallest absolute Gasteiger partial charge is 0.190 e. The van der Waals surface area contributed by atoms with Crippen molar-refractivity contribution >= 4 is 74.9 Å². The summed E-state index contributed by atoms with van der Waals surface area (Å²) in [4.78, 5) is 13.3. The molecule has 0 radical (unpaired) electrons. The molecule has 0 saturated heterocycles. The van der Waals surface area contributed by atoms with Gasteiger partial charge in [0.05, 0.1) is 24.6 Å². The number of aryl methyl sites for hydroxylation is 1. The van der Waals surface area contributed by atoms with Gasteiger partial charge in [-0.25, -0.2) is 23.7 Å². The summed E-state index contributed by atoms with van der Waals surface area (Å²) in [5.74, 6) is -1.27. The maximum absolute atomic E-state index is 13.8. The summed E-state index contributed by atoms with van der Waals surface area (Å²) in [6.45, 7) is 1.98. The fourth-order valence-electron chi connectivity index (χ4n) is 2.64. The van der Waals surface area contributed by atoms with Gasteiger partial charge in [0.2, 0.25) is 0 Å². The van der Waals surface area contributed by atoms with Gasteiger partial charge in [-0.15, -0.1) is 11.3 Å². The third kappa shape index (κ3) is 2.46. The van der Waals surface area contributed by atoms with Crippen molar-refractivity contribution < 1.29 is 8.78 Å². The van der Waals surface area contributed by atoms with Crippen LogP contribution in [-0.4, -0.2) is 15.0 Å². The van der Waals surface area contributed by atoms with Crippen molar-refractivity contribution in [2.24, 2.45) is 0 Å². The van der Waals surface area contributed by atoms with Crippen molar-refractivity contribution in [3.05, 3.63) is 40.9 Å². The summed E-state index contributed by atoms with van der Waals surface area (Å²) < 4.78 is 29.7. The van der Waals surface area contributed by atoms with E-state index in [1.165, 1.54) is 28.7 Å². The number of aromatic nitrogens is 3. The predicted octanol–water partition coefficient (Wildman–Crippen LogP) is 5.85. The standard InChI is InChI=1S/C16H8F2N4S3/c1-6-19-13-10(23-6)3-2-9-14(13)25-15(20-9)22-16-21-12-8(18)4-7(17)5-11(12)24-16/h2-5H,1H3,(H,20,21,22). The highest BCUT2D eigenvalue weighted by Gasteiger charge is 2.14. The van der Waals surface area contributed by atoms with E-state index < -0.39 is 11.6 Å². The molecule has 3 heterocycles. The SMILES string of the molecule is Cc1nc2c(ccc3nc(Nc4nc5c(F)cc(F)cc5s4)sc32)s1. The Morgan fingerprint density at radius 2 is 1.72 bits per heavy atom. The van der Waals surface area contributed by atoms with E-state index in [1.807, 2.05) is 19.1 Å². The average Bonchev–Trinajstić information content (AvgIpc) is 3.22. The monoisotopic (exact) mass is 390 g/mol. The second-order valence-corrected chi connectivity index (χ2v) is 8.66. The minimum absolute atomic E-state index is 0.160. The molecule has 0 amide bonds. The van der Waals surface area contributed by atoms with Crippen LogP contribution in [-0.2, 0) is 0 Å². The average molecular weight is 390 g/mol. The second kappa shape index (κ2) is 5.38. The van der Waals surface area contributed by atoms with Crippen LogP contribution in [0.25, 0.3) is 30.6 Å². The van der Waals surface area contributed by atoms with Crippen molar-refractivity contribution in [3.8, 4) is 0 Å². The third-order valence-electron chi connectivity index (χ3n) is 3.65. The number of fused-ring (bicyclic) bond motifs is 4. The quantitative estimate of drug-likeness (QED) is 0.411. The first kappa shape index (κ1) is 15.1. The van der Waals surface area contributed by atoms with E-state index in [1.54, 1.807) is 11.3 Å². The van der Waals surface area contributed by atoms with Crippen LogP contribution in [0.15, 0.2) is 24.3 Å². The molecular weight excluding hydrogens is 382 g/mol. The number of benzene rings is 2. The van der Waals surface area contributed by atoms with Crippen LogP contribution >= 0.6 is 34.0 Å². The summed E-state index contributed by atoms with van der Waals surface area (Å²) in [7, 11) is 0. The Morgan fingerprint density at radius 3 is 2.60 bits per heavy atom. The Bertz CT molecular complexity index is 1270. The Balaban J connectivity index is 1.59. The first-order chi connectivity index (χ1) is 12.1. The number of anilines is 2. The van der Waals surface area contributed by atoms with Gasteiger partial charge >= 0.3 is 0 Å². The summed E-state index contributed by atoms with van der Waals surface area (Å²) in [5, 5.41) is 5.23.